The van der Waals surface area contributed by atoms with Gasteiger partial charge < -0.3 is 10.0 Å². The van der Waals surface area contributed by atoms with E-state index >= 15 is 0 Å². The number of aliphatic carboxylic acids is 1. The smallest absolute Gasteiger partial charge is 0.326 e. The van der Waals surface area contributed by atoms with Crippen LogP contribution in [0.15, 0.2) is 42.7 Å². The molecule has 1 N–H and O–H groups in total. The van der Waals surface area contributed by atoms with Gasteiger partial charge in [-0.05, 0) is 25.0 Å². The summed E-state index contributed by atoms with van der Waals surface area (Å²) < 4.78 is 1.77. The molecule has 19 heavy (non-hydrogen) atoms. The molecule has 5 heteroatoms. The van der Waals surface area contributed by atoms with E-state index in [4.69, 9.17) is 0 Å². The molecule has 1 aliphatic rings. The van der Waals surface area contributed by atoms with Crippen LogP contribution in [-0.4, -0.2) is 33.4 Å². The Morgan fingerprint density at radius 2 is 2.05 bits per heavy atom. The van der Waals surface area contributed by atoms with Crippen molar-refractivity contribution in [2.45, 2.75) is 18.9 Å². The Morgan fingerprint density at radius 3 is 2.79 bits per heavy atom. The molecule has 2 aromatic rings. The van der Waals surface area contributed by atoms with Gasteiger partial charge in [-0.2, -0.15) is 5.10 Å². The lowest BCUT2D eigenvalue weighted by Gasteiger charge is -2.21. The van der Waals surface area contributed by atoms with Crippen LogP contribution in [0.1, 0.15) is 12.8 Å². The standard InChI is InChI=1S/C14H15N3O2/c18-14(19)13-7-4-8-16(13)12-9-15-17(10-12)11-5-2-1-3-6-11/h1-3,5-6,9-10,13H,4,7-8H2,(H,18,19). The SMILES string of the molecule is O=C(O)C1CCCN1c1cnn(-c2ccccc2)c1. The number of anilines is 1. The fourth-order valence-electron chi connectivity index (χ4n) is 2.52. The second kappa shape index (κ2) is 4.76. The minimum absolute atomic E-state index is 0.423. The fraction of sp³-hybridized carbons (Fsp3) is 0.286. The Bertz CT molecular complexity index is 579. The van der Waals surface area contributed by atoms with E-state index in [9.17, 15) is 9.90 Å². The summed E-state index contributed by atoms with van der Waals surface area (Å²) in [5.74, 6) is -0.759. The summed E-state index contributed by atoms with van der Waals surface area (Å²) in [5.41, 5.74) is 1.84. The van der Waals surface area contributed by atoms with E-state index in [1.807, 2.05) is 41.4 Å². The molecule has 0 spiro atoms. The molecule has 3 rings (SSSR count). The number of rotatable bonds is 3. The van der Waals surface area contributed by atoms with Crippen molar-refractivity contribution in [3.63, 3.8) is 0 Å². The molecular formula is C14H15N3O2. The lowest BCUT2D eigenvalue weighted by Crippen LogP contribution is -2.35. The minimum atomic E-state index is -0.759. The Morgan fingerprint density at radius 1 is 1.26 bits per heavy atom. The average Bonchev–Trinajstić information content (AvgIpc) is 3.08. The van der Waals surface area contributed by atoms with E-state index in [1.54, 1.807) is 10.9 Å². The largest absolute Gasteiger partial charge is 0.480 e. The summed E-state index contributed by atoms with van der Waals surface area (Å²) in [6.45, 7) is 0.775. The molecule has 0 radical (unpaired) electrons. The Balaban J connectivity index is 1.87. The lowest BCUT2D eigenvalue weighted by molar-refractivity contribution is -0.138. The zero-order valence-electron chi connectivity index (χ0n) is 10.4. The Kier molecular flexibility index (Phi) is 2.95. The van der Waals surface area contributed by atoms with Crippen molar-refractivity contribution >= 4 is 11.7 Å². The summed E-state index contributed by atoms with van der Waals surface area (Å²) in [4.78, 5) is 13.1. The van der Waals surface area contributed by atoms with Gasteiger partial charge in [-0.1, -0.05) is 18.2 Å². The number of hydrogen-bond acceptors (Lipinski definition) is 3. The van der Waals surface area contributed by atoms with Crippen molar-refractivity contribution in [1.82, 2.24) is 9.78 Å². The normalized spacial score (nSPS) is 18.7. The van der Waals surface area contributed by atoms with E-state index in [2.05, 4.69) is 5.10 Å². The maximum atomic E-state index is 11.2. The van der Waals surface area contributed by atoms with E-state index < -0.39 is 12.0 Å². The van der Waals surface area contributed by atoms with Crippen LogP contribution >= 0.6 is 0 Å². The fourth-order valence-corrected chi connectivity index (χ4v) is 2.52. The molecule has 1 unspecified atom stereocenters. The number of nitrogens with zero attached hydrogens (tertiary/aromatic N) is 3. The summed E-state index contributed by atoms with van der Waals surface area (Å²) in [5, 5.41) is 13.5. The van der Waals surface area contributed by atoms with E-state index in [-0.39, 0.29) is 0 Å². The molecule has 1 aromatic heterocycles. The average molecular weight is 257 g/mol. The first kappa shape index (κ1) is 11.8. The van der Waals surface area contributed by atoms with Crippen LogP contribution in [0.2, 0.25) is 0 Å². The van der Waals surface area contributed by atoms with Crippen molar-refractivity contribution in [3.05, 3.63) is 42.7 Å². The maximum absolute atomic E-state index is 11.2. The number of benzene rings is 1. The van der Waals surface area contributed by atoms with Crippen LogP contribution in [0.4, 0.5) is 5.69 Å². The molecule has 1 fully saturated rings. The quantitative estimate of drug-likeness (QED) is 0.912. The second-order valence-electron chi connectivity index (χ2n) is 4.67. The number of carboxylic acid groups (broad SMARTS) is 1. The molecule has 1 aromatic carbocycles. The van der Waals surface area contributed by atoms with Crippen molar-refractivity contribution in [2.24, 2.45) is 0 Å². The zero-order valence-corrected chi connectivity index (χ0v) is 10.4. The van der Waals surface area contributed by atoms with Crippen molar-refractivity contribution < 1.29 is 9.90 Å². The number of hydrogen-bond donors (Lipinski definition) is 1. The second-order valence-corrected chi connectivity index (χ2v) is 4.67. The van der Waals surface area contributed by atoms with Gasteiger partial charge in [0.2, 0.25) is 0 Å². The summed E-state index contributed by atoms with van der Waals surface area (Å²) in [6, 6.07) is 9.37. The van der Waals surface area contributed by atoms with Gasteiger partial charge in [-0.3, -0.25) is 0 Å². The highest BCUT2D eigenvalue weighted by atomic mass is 16.4. The van der Waals surface area contributed by atoms with Crippen molar-refractivity contribution in [3.8, 4) is 5.69 Å². The highest BCUT2D eigenvalue weighted by Crippen LogP contribution is 2.25. The van der Waals surface area contributed by atoms with Crippen LogP contribution < -0.4 is 4.90 Å². The van der Waals surface area contributed by atoms with Crippen LogP contribution in [0, 0.1) is 0 Å². The molecule has 2 heterocycles. The third kappa shape index (κ3) is 2.19. The number of para-hydroxylation sites is 1. The Hall–Kier alpha value is -2.30. The first-order valence-electron chi connectivity index (χ1n) is 6.35. The molecule has 98 valence electrons. The molecule has 0 bridgehead atoms. The highest BCUT2D eigenvalue weighted by Gasteiger charge is 2.31. The van der Waals surface area contributed by atoms with Gasteiger partial charge in [-0.25, -0.2) is 9.48 Å². The third-order valence-electron chi connectivity index (χ3n) is 3.46. The predicted molar refractivity (Wildman–Crippen MR) is 71.6 cm³/mol. The van der Waals surface area contributed by atoms with Crippen molar-refractivity contribution in [2.75, 3.05) is 11.4 Å². The molecule has 1 saturated heterocycles. The molecule has 0 saturated carbocycles. The topological polar surface area (TPSA) is 58.4 Å². The minimum Gasteiger partial charge on any atom is -0.480 e. The van der Waals surface area contributed by atoms with E-state index in [0.29, 0.717) is 6.42 Å². The van der Waals surface area contributed by atoms with Gasteiger partial charge in [0, 0.05) is 6.54 Å². The Labute approximate surface area is 111 Å². The van der Waals surface area contributed by atoms with Crippen LogP contribution in [-0.2, 0) is 4.79 Å². The molecule has 1 atom stereocenters. The summed E-state index contributed by atoms with van der Waals surface area (Å²) in [7, 11) is 0. The number of carboxylic acids is 1. The first-order valence-corrected chi connectivity index (χ1v) is 6.35. The van der Waals surface area contributed by atoms with Gasteiger partial charge in [0.25, 0.3) is 0 Å². The maximum Gasteiger partial charge on any atom is 0.326 e. The zero-order chi connectivity index (χ0) is 13.2. The van der Waals surface area contributed by atoms with Crippen LogP contribution in [0.25, 0.3) is 5.69 Å². The van der Waals surface area contributed by atoms with Gasteiger partial charge in [0.15, 0.2) is 0 Å². The number of aromatic nitrogens is 2. The lowest BCUT2D eigenvalue weighted by atomic mass is 10.2. The monoisotopic (exact) mass is 257 g/mol. The molecule has 0 aliphatic carbocycles. The molecule has 1 aliphatic heterocycles. The van der Waals surface area contributed by atoms with Crippen molar-refractivity contribution in [1.29, 1.82) is 0 Å². The van der Waals surface area contributed by atoms with Gasteiger partial charge in [0.1, 0.15) is 6.04 Å². The van der Waals surface area contributed by atoms with Crippen LogP contribution in [0.5, 0.6) is 0 Å². The third-order valence-corrected chi connectivity index (χ3v) is 3.46. The molecule has 0 amide bonds. The van der Waals surface area contributed by atoms with Gasteiger partial charge in [0.05, 0.1) is 23.8 Å². The first-order chi connectivity index (χ1) is 9.25. The predicted octanol–water partition coefficient (Wildman–Crippen LogP) is 1.93. The highest BCUT2D eigenvalue weighted by molar-refractivity contribution is 5.78. The summed E-state index contributed by atoms with van der Waals surface area (Å²) >= 11 is 0. The van der Waals surface area contributed by atoms with E-state index in [0.717, 1.165) is 24.3 Å². The summed E-state index contributed by atoms with van der Waals surface area (Å²) in [6.07, 6.45) is 5.23. The van der Waals surface area contributed by atoms with E-state index in [1.165, 1.54) is 0 Å². The number of carbonyl (C=O) groups is 1. The molecule has 5 nitrogen and oxygen atoms in total. The van der Waals surface area contributed by atoms with Gasteiger partial charge >= 0.3 is 5.97 Å². The van der Waals surface area contributed by atoms with Crippen LogP contribution in [0.3, 0.4) is 0 Å². The van der Waals surface area contributed by atoms with Gasteiger partial charge in [-0.15, -0.1) is 0 Å². The molecular weight excluding hydrogens is 242 g/mol.